The largest absolute Gasteiger partial charge is 0.493 e. The predicted molar refractivity (Wildman–Crippen MR) is 102 cm³/mol. The molecule has 6 heteroatoms. The van der Waals surface area contributed by atoms with Crippen LogP contribution in [0.2, 0.25) is 0 Å². The average molecular weight is 346 g/mol. The predicted octanol–water partition coefficient (Wildman–Crippen LogP) is 4.14. The summed E-state index contributed by atoms with van der Waals surface area (Å²) in [6.07, 6.45) is 0. The number of ether oxygens (including phenoxy) is 3. The zero-order valence-electron chi connectivity index (χ0n) is 14.5. The lowest BCUT2D eigenvalue weighted by atomic mass is 10.1. The molecule has 2 rings (SSSR count). The highest BCUT2D eigenvalue weighted by Gasteiger charge is 2.13. The molecule has 2 N–H and O–H groups in total. The highest BCUT2D eigenvalue weighted by Crippen LogP contribution is 2.39. The minimum atomic E-state index is 0.479. The minimum Gasteiger partial charge on any atom is -0.493 e. The SMILES string of the molecule is COc1cc(NC(=S)Nc2ccc(C)c(C)c2)cc(OC)c1OC. The second-order valence-corrected chi connectivity index (χ2v) is 5.70. The van der Waals surface area contributed by atoms with Crippen molar-refractivity contribution in [2.45, 2.75) is 13.8 Å². The fraction of sp³-hybridized carbons (Fsp3) is 0.278. The van der Waals surface area contributed by atoms with E-state index in [9.17, 15) is 0 Å². The van der Waals surface area contributed by atoms with Gasteiger partial charge >= 0.3 is 0 Å². The van der Waals surface area contributed by atoms with Gasteiger partial charge < -0.3 is 24.8 Å². The lowest BCUT2D eigenvalue weighted by molar-refractivity contribution is 0.324. The maximum atomic E-state index is 5.38. The number of anilines is 2. The van der Waals surface area contributed by atoms with Crippen molar-refractivity contribution in [1.29, 1.82) is 0 Å². The summed E-state index contributed by atoms with van der Waals surface area (Å²) in [5, 5.41) is 6.78. The summed E-state index contributed by atoms with van der Waals surface area (Å²) >= 11 is 5.38. The Hall–Kier alpha value is -2.47. The van der Waals surface area contributed by atoms with Crippen molar-refractivity contribution in [3.05, 3.63) is 41.5 Å². The summed E-state index contributed by atoms with van der Waals surface area (Å²) in [6.45, 7) is 4.14. The first-order chi connectivity index (χ1) is 11.5. The number of hydrogen-bond acceptors (Lipinski definition) is 4. The highest BCUT2D eigenvalue weighted by molar-refractivity contribution is 7.80. The molecule has 24 heavy (non-hydrogen) atoms. The van der Waals surface area contributed by atoms with Crippen LogP contribution in [0.25, 0.3) is 0 Å². The Morgan fingerprint density at radius 3 is 1.88 bits per heavy atom. The molecule has 0 radical (unpaired) electrons. The molecular formula is C18H22N2O3S. The third-order valence-corrected chi connectivity index (χ3v) is 3.89. The lowest BCUT2D eigenvalue weighted by Crippen LogP contribution is -2.19. The van der Waals surface area contributed by atoms with Gasteiger partial charge in [-0.3, -0.25) is 0 Å². The Morgan fingerprint density at radius 2 is 1.38 bits per heavy atom. The van der Waals surface area contributed by atoms with Crippen molar-refractivity contribution in [3.63, 3.8) is 0 Å². The second kappa shape index (κ2) is 7.88. The molecule has 0 saturated heterocycles. The van der Waals surface area contributed by atoms with E-state index in [0.717, 1.165) is 11.4 Å². The number of hydrogen-bond donors (Lipinski definition) is 2. The zero-order valence-corrected chi connectivity index (χ0v) is 15.3. The molecule has 0 atom stereocenters. The van der Waals surface area contributed by atoms with Gasteiger partial charge in [-0.05, 0) is 49.3 Å². The highest BCUT2D eigenvalue weighted by atomic mass is 32.1. The van der Waals surface area contributed by atoms with Crippen LogP contribution in [0.3, 0.4) is 0 Å². The van der Waals surface area contributed by atoms with E-state index in [-0.39, 0.29) is 0 Å². The van der Waals surface area contributed by atoms with Gasteiger partial charge in [0.15, 0.2) is 16.6 Å². The molecule has 2 aromatic carbocycles. The van der Waals surface area contributed by atoms with Crippen LogP contribution in [0.4, 0.5) is 11.4 Å². The van der Waals surface area contributed by atoms with Crippen molar-refractivity contribution in [1.82, 2.24) is 0 Å². The minimum absolute atomic E-state index is 0.479. The molecule has 128 valence electrons. The maximum absolute atomic E-state index is 5.38. The van der Waals surface area contributed by atoms with Crippen LogP contribution in [-0.2, 0) is 0 Å². The van der Waals surface area contributed by atoms with E-state index in [0.29, 0.717) is 22.4 Å². The van der Waals surface area contributed by atoms with E-state index in [1.807, 2.05) is 6.07 Å². The Kier molecular flexibility index (Phi) is 5.87. The Labute approximate surface area is 147 Å². The summed E-state index contributed by atoms with van der Waals surface area (Å²) in [5.74, 6) is 1.67. The first kappa shape index (κ1) is 17.9. The Balaban J connectivity index is 2.17. The summed E-state index contributed by atoms with van der Waals surface area (Å²) < 4.78 is 16.0. The molecule has 0 amide bonds. The van der Waals surface area contributed by atoms with Gasteiger partial charge in [0.25, 0.3) is 0 Å². The van der Waals surface area contributed by atoms with Crippen molar-refractivity contribution < 1.29 is 14.2 Å². The lowest BCUT2D eigenvalue weighted by Gasteiger charge is -2.16. The topological polar surface area (TPSA) is 51.8 Å². The van der Waals surface area contributed by atoms with Gasteiger partial charge in [-0.15, -0.1) is 0 Å². The Bertz CT molecular complexity index is 722. The third-order valence-electron chi connectivity index (χ3n) is 3.69. The van der Waals surface area contributed by atoms with Crippen molar-refractivity contribution in [2.24, 2.45) is 0 Å². The van der Waals surface area contributed by atoms with E-state index >= 15 is 0 Å². The fourth-order valence-corrected chi connectivity index (χ4v) is 2.50. The number of aryl methyl sites for hydroxylation is 2. The van der Waals surface area contributed by atoms with Crippen LogP contribution in [0.5, 0.6) is 17.2 Å². The molecule has 0 aliphatic rings. The quantitative estimate of drug-likeness (QED) is 0.794. The van der Waals surface area contributed by atoms with Gasteiger partial charge in [0.2, 0.25) is 5.75 Å². The number of methoxy groups -OCH3 is 3. The zero-order chi connectivity index (χ0) is 17.7. The van der Waals surface area contributed by atoms with Gasteiger partial charge in [-0.1, -0.05) is 6.07 Å². The van der Waals surface area contributed by atoms with Crippen LogP contribution in [0.15, 0.2) is 30.3 Å². The van der Waals surface area contributed by atoms with Crippen molar-refractivity contribution >= 4 is 28.7 Å². The number of thiocarbonyl (C=S) groups is 1. The van der Waals surface area contributed by atoms with Crippen LogP contribution in [0, 0.1) is 13.8 Å². The molecular weight excluding hydrogens is 324 g/mol. The van der Waals surface area contributed by atoms with E-state index in [1.54, 1.807) is 33.5 Å². The normalized spacial score (nSPS) is 10.0. The molecule has 0 heterocycles. The smallest absolute Gasteiger partial charge is 0.203 e. The van der Waals surface area contributed by atoms with Gasteiger partial charge in [0, 0.05) is 23.5 Å². The van der Waals surface area contributed by atoms with Crippen molar-refractivity contribution in [2.75, 3.05) is 32.0 Å². The first-order valence-corrected chi connectivity index (χ1v) is 7.84. The number of benzene rings is 2. The van der Waals surface area contributed by atoms with Gasteiger partial charge in [-0.2, -0.15) is 0 Å². The summed E-state index contributed by atoms with van der Waals surface area (Å²) in [5.41, 5.74) is 4.12. The standard InChI is InChI=1S/C18H22N2O3S/c1-11-6-7-13(8-12(11)2)19-18(24)20-14-9-15(21-3)17(23-5)16(10-14)22-4/h6-10H,1-5H3,(H2,19,20,24). The number of nitrogens with one attached hydrogen (secondary N) is 2. The van der Waals surface area contributed by atoms with E-state index in [2.05, 4.69) is 36.6 Å². The monoisotopic (exact) mass is 346 g/mol. The summed E-state index contributed by atoms with van der Waals surface area (Å²) in [7, 11) is 4.72. The average Bonchev–Trinajstić information content (AvgIpc) is 2.57. The van der Waals surface area contributed by atoms with Gasteiger partial charge in [-0.25, -0.2) is 0 Å². The second-order valence-electron chi connectivity index (χ2n) is 5.29. The fourth-order valence-electron chi connectivity index (χ4n) is 2.27. The third kappa shape index (κ3) is 4.08. The van der Waals surface area contributed by atoms with Crippen LogP contribution < -0.4 is 24.8 Å². The van der Waals surface area contributed by atoms with E-state index in [4.69, 9.17) is 26.4 Å². The molecule has 0 aliphatic carbocycles. The molecule has 0 spiro atoms. The molecule has 0 unspecified atom stereocenters. The molecule has 5 nitrogen and oxygen atoms in total. The van der Waals surface area contributed by atoms with Gasteiger partial charge in [0.05, 0.1) is 21.3 Å². The molecule has 0 bridgehead atoms. The van der Waals surface area contributed by atoms with E-state index < -0.39 is 0 Å². The van der Waals surface area contributed by atoms with Crippen LogP contribution >= 0.6 is 12.2 Å². The Morgan fingerprint density at radius 1 is 0.792 bits per heavy atom. The van der Waals surface area contributed by atoms with Crippen molar-refractivity contribution in [3.8, 4) is 17.2 Å². The molecule has 0 aliphatic heterocycles. The van der Waals surface area contributed by atoms with Crippen LogP contribution in [0.1, 0.15) is 11.1 Å². The summed E-state index contributed by atoms with van der Waals surface area (Å²) in [6, 6.07) is 9.70. The molecule has 0 saturated carbocycles. The molecule has 0 aromatic heterocycles. The van der Waals surface area contributed by atoms with Gasteiger partial charge in [0.1, 0.15) is 0 Å². The first-order valence-electron chi connectivity index (χ1n) is 7.43. The number of rotatable bonds is 5. The maximum Gasteiger partial charge on any atom is 0.203 e. The van der Waals surface area contributed by atoms with E-state index in [1.165, 1.54) is 11.1 Å². The molecule has 2 aromatic rings. The summed E-state index contributed by atoms with van der Waals surface area (Å²) in [4.78, 5) is 0. The molecule has 0 fully saturated rings. The van der Waals surface area contributed by atoms with Crippen LogP contribution in [-0.4, -0.2) is 26.4 Å².